The number of aromatic nitrogens is 2. The van der Waals surface area contributed by atoms with Gasteiger partial charge in [0.15, 0.2) is 11.5 Å². The summed E-state index contributed by atoms with van der Waals surface area (Å²) in [5.74, 6) is -0.0889. The minimum absolute atomic E-state index is 0.0230. The molecule has 0 atom stereocenters. The molecule has 0 saturated carbocycles. The van der Waals surface area contributed by atoms with Crippen molar-refractivity contribution < 1.29 is 14.6 Å². The highest BCUT2D eigenvalue weighted by atomic mass is 16.5. The van der Waals surface area contributed by atoms with Crippen LogP contribution < -0.4 is 4.74 Å². The second-order valence-electron chi connectivity index (χ2n) is 4.23. The Labute approximate surface area is 110 Å². The van der Waals surface area contributed by atoms with Gasteiger partial charge in [-0.1, -0.05) is 6.07 Å². The van der Waals surface area contributed by atoms with Gasteiger partial charge in [-0.2, -0.15) is 0 Å². The number of nitrogens with zero attached hydrogens (tertiary/aromatic N) is 2. The fraction of sp³-hybridized carbons (Fsp3) is 0.214. The molecular weight excluding hydrogens is 244 g/mol. The average molecular weight is 258 g/mol. The third-order valence-corrected chi connectivity index (χ3v) is 2.67. The second-order valence-corrected chi connectivity index (χ2v) is 4.23. The third-order valence-electron chi connectivity index (χ3n) is 2.67. The molecule has 2 rings (SSSR count). The monoisotopic (exact) mass is 258 g/mol. The number of hydrogen-bond donors (Lipinski definition) is 1. The lowest BCUT2D eigenvalue weighted by molar-refractivity contribution is 0.0690. The summed E-state index contributed by atoms with van der Waals surface area (Å²) >= 11 is 0. The van der Waals surface area contributed by atoms with E-state index in [1.807, 2.05) is 25.1 Å². The zero-order chi connectivity index (χ0) is 14.0. The Hall–Kier alpha value is -2.43. The first-order valence-electron chi connectivity index (χ1n) is 5.75. The smallest absolute Gasteiger partial charge is 0.354 e. The topological polar surface area (TPSA) is 72.3 Å². The molecule has 1 N–H and O–H groups in total. The van der Waals surface area contributed by atoms with Gasteiger partial charge in [0.25, 0.3) is 0 Å². The molecule has 5 heteroatoms. The molecule has 1 heterocycles. The first-order valence-corrected chi connectivity index (χ1v) is 5.75. The predicted octanol–water partition coefficient (Wildman–Crippen LogP) is 2.47. The average Bonchev–Trinajstić information content (AvgIpc) is 2.37. The summed E-state index contributed by atoms with van der Waals surface area (Å²) < 4.78 is 5.29. The van der Waals surface area contributed by atoms with Crippen LogP contribution in [0.4, 0.5) is 0 Å². The van der Waals surface area contributed by atoms with Gasteiger partial charge in [-0.05, 0) is 37.6 Å². The standard InChI is InChI=1S/C14H14N2O3/c1-8-4-5-10(12(6-8)19-3)13-15-9(2)7-11(16-13)14(17)18/h4-7H,1-3H3,(H,17,18). The van der Waals surface area contributed by atoms with Crippen molar-refractivity contribution in [1.29, 1.82) is 0 Å². The Morgan fingerprint density at radius 3 is 2.58 bits per heavy atom. The summed E-state index contributed by atoms with van der Waals surface area (Å²) in [6, 6.07) is 7.03. The first-order chi connectivity index (χ1) is 9.01. The number of carboxylic acid groups (broad SMARTS) is 1. The highest BCUT2D eigenvalue weighted by molar-refractivity contribution is 5.86. The lowest BCUT2D eigenvalue weighted by atomic mass is 10.1. The van der Waals surface area contributed by atoms with Crippen LogP contribution in [0, 0.1) is 13.8 Å². The molecule has 19 heavy (non-hydrogen) atoms. The molecule has 2 aromatic rings. The van der Waals surface area contributed by atoms with Gasteiger partial charge in [0.1, 0.15) is 5.75 Å². The molecule has 98 valence electrons. The van der Waals surface area contributed by atoms with E-state index in [1.165, 1.54) is 6.07 Å². The van der Waals surface area contributed by atoms with Crippen LogP contribution in [-0.2, 0) is 0 Å². The first kappa shape index (κ1) is 13.0. The second kappa shape index (κ2) is 5.06. The van der Waals surface area contributed by atoms with E-state index >= 15 is 0 Å². The van der Waals surface area contributed by atoms with Crippen LogP contribution in [-0.4, -0.2) is 28.2 Å². The number of carbonyl (C=O) groups is 1. The largest absolute Gasteiger partial charge is 0.496 e. The van der Waals surface area contributed by atoms with Gasteiger partial charge in [0.05, 0.1) is 12.7 Å². The van der Waals surface area contributed by atoms with Crippen LogP contribution in [0.25, 0.3) is 11.4 Å². The number of methoxy groups -OCH3 is 1. The fourth-order valence-corrected chi connectivity index (χ4v) is 1.78. The Balaban J connectivity index is 2.61. The zero-order valence-electron chi connectivity index (χ0n) is 11.0. The van der Waals surface area contributed by atoms with Crippen molar-refractivity contribution in [3.8, 4) is 17.1 Å². The number of aromatic carboxylic acids is 1. The summed E-state index contributed by atoms with van der Waals surface area (Å²) in [6.45, 7) is 3.68. The predicted molar refractivity (Wildman–Crippen MR) is 70.5 cm³/mol. The maximum absolute atomic E-state index is 11.0. The van der Waals surface area contributed by atoms with Crippen LogP contribution in [0.15, 0.2) is 24.3 Å². The lowest BCUT2D eigenvalue weighted by Gasteiger charge is -2.09. The van der Waals surface area contributed by atoms with Gasteiger partial charge < -0.3 is 9.84 Å². The molecule has 0 aliphatic heterocycles. The SMILES string of the molecule is COc1cc(C)ccc1-c1nc(C)cc(C(=O)O)n1. The summed E-state index contributed by atoms with van der Waals surface area (Å²) in [5, 5.41) is 9.03. The molecule has 0 radical (unpaired) electrons. The molecule has 1 aromatic heterocycles. The van der Waals surface area contributed by atoms with Gasteiger partial charge in [-0.25, -0.2) is 14.8 Å². The molecule has 0 fully saturated rings. The van der Waals surface area contributed by atoms with Gasteiger partial charge >= 0.3 is 5.97 Å². The number of rotatable bonds is 3. The van der Waals surface area contributed by atoms with Crippen molar-refractivity contribution in [3.05, 3.63) is 41.2 Å². The summed E-state index contributed by atoms with van der Waals surface area (Å²) in [6.07, 6.45) is 0. The van der Waals surface area contributed by atoms with Crippen LogP contribution in [0.1, 0.15) is 21.7 Å². The van der Waals surface area contributed by atoms with Crippen LogP contribution >= 0.6 is 0 Å². The Morgan fingerprint density at radius 1 is 1.21 bits per heavy atom. The normalized spacial score (nSPS) is 10.3. The van der Waals surface area contributed by atoms with Gasteiger partial charge in [0.2, 0.25) is 0 Å². The number of ether oxygens (including phenoxy) is 1. The van der Waals surface area contributed by atoms with E-state index in [0.29, 0.717) is 22.8 Å². The molecule has 0 aliphatic rings. The number of carboxylic acids is 1. The third kappa shape index (κ3) is 2.70. The van der Waals surface area contributed by atoms with Crippen LogP contribution in [0.3, 0.4) is 0 Å². The van der Waals surface area contributed by atoms with E-state index in [2.05, 4.69) is 9.97 Å². The van der Waals surface area contributed by atoms with Crippen LogP contribution in [0.5, 0.6) is 5.75 Å². The molecule has 0 amide bonds. The minimum atomic E-state index is -1.07. The highest BCUT2D eigenvalue weighted by Crippen LogP contribution is 2.28. The van der Waals surface area contributed by atoms with E-state index in [1.54, 1.807) is 14.0 Å². The Bertz CT molecular complexity index is 639. The van der Waals surface area contributed by atoms with Crippen molar-refractivity contribution in [1.82, 2.24) is 9.97 Å². The van der Waals surface area contributed by atoms with Gasteiger partial charge in [-0.15, -0.1) is 0 Å². The van der Waals surface area contributed by atoms with E-state index in [9.17, 15) is 4.79 Å². The molecule has 0 saturated heterocycles. The fourth-order valence-electron chi connectivity index (χ4n) is 1.78. The maximum Gasteiger partial charge on any atom is 0.354 e. The zero-order valence-corrected chi connectivity index (χ0v) is 11.0. The van der Waals surface area contributed by atoms with E-state index < -0.39 is 5.97 Å². The molecule has 5 nitrogen and oxygen atoms in total. The van der Waals surface area contributed by atoms with Gasteiger partial charge in [0, 0.05) is 5.69 Å². The molecular formula is C14H14N2O3. The molecule has 1 aromatic carbocycles. The Kier molecular flexibility index (Phi) is 3.46. The number of hydrogen-bond acceptors (Lipinski definition) is 4. The number of aryl methyl sites for hydroxylation is 2. The maximum atomic E-state index is 11.0. The summed E-state index contributed by atoms with van der Waals surface area (Å²) in [5.41, 5.74) is 2.31. The van der Waals surface area contributed by atoms with Crippen molar-refractivity contribution in [3.63, 3.8) is 0 Å². The molecule has 0 unspecified atom stereocenters. The summed E-state index contributed by atoms with van der Waals surface area (Å²) in [4.78, 5) is 19.3. The highest BCUT2D eigenvalue weighted by Gasteiger charge is 2.13. The van der Waals surface area contributed by atoms with Crippen molar-refractivity contribution in [2.75, 3.05) is 7.11 Å². The van der Waals surface area contributed by atoms with E-state index in [0.717, 1.165) is 5.56 Å². The molecule has 0 spiro atoms. The van der Waals surface area contributed by atoms with E-state index in [-0.39, 0.29) is 5.69 Å². The number of benzene rings is 1. The van der Waals surface area contributed by atoms with Gasteiger partial charge in [-0.3, -0.25) is 0 Å². The molecule has 0 aliphatic carbocycles. The summed E-state index contributed by atoms with van der Waals surface area (Å²) in [7, 11) is 1.56. The quantitative estimate of drug-likeness (QED) is 0.915. The van der Waals surface area contributed by atoms with Crippen molar-refractivity contribution in [2.45, 2.75) is 13.8 Å². The lowest BCUT2D eigenvalue weighted by Crippen LogP contribution is -2.05. The minimum Gasteiger partial charge on any atom is -0.496 e. The van der Waals surface area contributed by atoms with Crippen molar-refractivity contribution in [2.24, 2.45) is 0 Å². The Morgan fingerprint density at radius 2 is 1.95 bits per heavy atom. The van der Waals surface area contributed by atoms with Crippen LogP contribution in [0.2, 0.25) is 0 Å². The van der Waals surface area contributed by atoms with Crippen molar-refractivity contribution >= 4 is 5.97 Å². The molecule has 0 bridgehead atoms. The van der Waals surface area contributed by atoms with E-state index in [4.69, 9.17) is 9.84 Å².